The predicted octanol–water partition coefficient (Wildman–Crippen LogP) is 2.72. The van der Waals surface area contributed by atoms with Gasteiger partial charge in [-0.05, 0) is 17.7 Å². The van der Waals surface area contributed by atoms with Gasteiger partial charge in [-0.1, -0.05) is 42.5 Å². The van der Waals surface area contributed by atoms with E-state index in [1.165, 1.54) is 0 Å². The minimum atomic E-state index is -0.151. The maximum absolute atomic E-state index is 12.0. The number of hydrogen-bond donors (Lipinski definition) is 2. The molecule has 0 aliphatic heterocycles. The molecule has 0 aliphatic rings. The standard InChI is InChI=1S/C17H17N3O2/c1-22-15(12-7-3-2-4-8-12)11-18-17-19-14-10-6-5-9-13(14)16(21)20-17/h2-10,15H,11H2,1H3,(H2,18,19,20,21). The smallest absolute Gasteiger partial charge is 0.260 e. The lowest BCUT2D eigenvalue weighted by atomic mass is 10.1. The lowest BCUT2D eigenvalue weighted by molar-refractivity contribution is 0.114. The Kier molecular flexibility index (Phi) is 4.16. The zero-order valence-electron chi connectivity index (χ0n) is 12.2. The summed E-state index contributed by atoms with van der Waals surface area (Å²) in [6, 6.07) is 17.2. The number of hydrogen-bond acceptors (Lipinski definition) is 4. The van der Waals surface area contributed by atoms with Crippen molar-refractivity contribution < 1.29 is 4.74 Å². The molecule has 3 rings (SSSR count). The number of rotatable bonds is 5. The van der Waals surface area contributed by atoms with Crippen molar-refractivity contribution in [3.8, 4) is 0 Å². The summed E-state index contributed by atoms with van der Waals surface area (Å²) in [4.78, 5) is 19.2. The number of aromatic amines is 1. The first-order valence-corrected chi connectivity index (χ1v) is 7.08. The Balaban J connectivity index is 1.80. The summed E-state index contributed by atoms with van der Waals surface area (Å²) >= 11 is 0. The van der Waals surface area contributed by atoms with E-state index < -0.39 is 0 Å². The van der Waals surface area contributed by atoms with Crippen molar-refractivity contribution >= 4 is 16.9 Å². The molecular formula is C17H17N3O2. The highest BCUT2D eigenvalue weighted by Gasteiger charge is 2.10. The van der Waals surface area contributed by atoms with E-state index in [0.29, 0.717) is 23.4 Å². The zero-order chi connectivity index (χ0) is 15.4. The van der Waals surface area contributed by atoms with Crippen LogP contribution in [-0.2, 0) is 4.74 Å². The second kappa shape index (κ2) is 6.41. The second-order valence-electron chi connectivity index (χ2n) is 4.95. The number of fused-ring (bicyclic) bond motifs is 1. The van der Waals surface area contributed by atoms with E-state index in [-0.39, 0.29) is 11.7 Å². The molecule has 0 aliphatic carbocycles. The Morgan fingerprint density at radius 3 is 2.64 bits per heavy atom. The van der Waals surface area contributed by atoms with E-state index in [4.69, 9.17) is 4.74 Å². The van der Waals surface area contributed by atoms with E-state index in [1.807, 2.05) is 48.5 Å². The van der Waals surface area contributed by atoms with Crippen LogP contribution in [0.15, 0.2) is 59.4 Å². The molecule has 0 saturated carbocycles. The first-order chi connectivity index (χ1) is 10.8. The van der Waals surface area contributed by atoms with Crippen LogP contribution < -0.4 is 10.9 Å². The molecule has 22 heavy (non-hydrogen) atoms. The molecule has 0 fully saturated rings. The van der Waals surface area contributed by atoms with Gasteiger partial charge >= 0.3 is 0 Å². The van der Waals surface area contributed by atoms with Gasteiger partial charge in [0.15, 0.2) is 0 Å². The SMILES string of the molecule is COC(CNc1nc2ccccc2c(=O)[nH]1)c1ccccc1. The molecule has 1 heterocycles. The number of para-hydroxylation sites is 1. The lowest BCUT2D eigenvalue weighted by Crippen LogP contribution is -2.18. The maximum Gasteiger partial charge on any atom is 0.260 e. The first kappa shape index (κ1) is 14.3. The second-order valence-corrected chi connectivity index (χ2v) is 4.95. The molecule has 1 unspecified atom stereocenters. The normalized spacial score (nSPS) is 12.2. The van der Waals surface area contributed by atoms with E-state index in [2.05, 4.69) is 15.3 Å². The van der Waals surface area contributed by atoms with Crippen molar-refractivity contribution in [2.45, 2.75) is 6.10 Å². The first-order valence-electron chi connectivity index (χ1n) is 7.08. The van der Waals surface area contributed by atoms with E-state index in [9.17, 15) is 4.79 Å². The van der Waals surface area contributed by atoms with E-state index in [1.54, 1.807) is 13.2 Å². The molecule has 0 radical (unpaired) electrons. The maximum atomic E-state index is 12.0. The van der Waals surface area contributed by atoms with Crippen LogP contribution in [0.3, 0.4) is 0 Å². The van der Waals surface area contributed by atoms with Crippen LogP contribution in [-0.4, -0.2) is 23.6 Å². The zero-order valence-corrected chi connectivity index (χ0v) is 12.2. The Labute approximate surface area is 128 Å². The van der Waals surface area contributed by atoms with Gasteiger partial charge < -0.3 is 10.1 Å². The van der Waals surface area contributed by atoms with Crippen molar-refractivity contribution in [1.82, 2.24) is 9.97 Å². The number of anilines is 1. The Bertz CT molecular complexity index is 815. The van der Waals surface area contributed by atoms with Crippen LogP contribution in [0.1, 0.15) is 11.7 Å². The average molecular weight is 295 g/mol. The average Bonchev–Trinajstić information content (AvgIpc) is 2.56. The highest BCUT2D eigenvalue weighted by atomic mass is 16.5. The summed E-state index contributed by atoms with van der Waals surface area (Å²) in [5, 5.41) is 3.72. The number of methoxy groups -OCH3 is 1. The summed E-state index contributed by atoms with van der Waals surface area (Å²) < 4.78 is 5.49. The highest BCUT2D eigenvalue weighted by Crippen LogP contribution is 2.16. The molecule has 5 nitrogen and oxygen atoms in total. The van der Waals surface area contributed by atoms with Gasteiger partial charge in [0.25, 0.3) is 5.56 Å². The number of H-pyrrole nitrogens is 1. The monoisotopic (exact) mass is 295 g/mol. The molecule has 0 saturated heterocycles. The Hall–Kier alpha value is -2.66. The number of nitrogens with one attached hydrogen (secondary N) is 2. The molecule has 3 aromatic rings. The Morgan fingerprint density at radius 1 is 1.14 bits per heavy atom. The van der Waals surface area contributed by atoms with Gasteiger partial charge in [0.1, 0.15) is 0 Å². The summed E-state index contributed by atoms with van der Waals surface area (Å²) in [7, 11) is 1.66. The molecule has 2 aromatic carbocycles. The quantitative estimate of drug-likeness (QED) is 0.759. The molecule has 2 N–H and O–H groups in total. The van der Waals surface area contributed by atoms with Gasteiger partial charge in [-0.2, -0.15) is 0 Å². The van der Waals surface area contributed by atoms with Crippen molar-refractivity contribution in [1.29, 1.82) is 0 Å². The fraction of sp³-hybridized carbons (Fsp3) is 0.176. The van der Waals surface area contributed by atoms with Gasteiger partial charge in [0.2, 0.25) is 5.95 Å². The summed E-state index contributed by atoms with van der Waals surface area (Å²) in [6.07, 6.45) is -0.113. The summed E-state index contributed by atoms with van der Waals surface area (Å²) in [6.45, 7) is 0.516. The van der Waals surface area contributed by atoms with Crippen molar-refractivity contribution in [3.05, 3.63) is 70.5 Å². The van der Waals surface area contributed by atoms with Gasteiger partial charge in [0.05, 0.1) is 17.0 Å². The van der Waals surface area contributed by atoms with Crippen LogP contribution >= 0.6 is 0 Å². The van der Waals surface area contributed by atoms with Crippen LogP contribution in [0.5, 0.6) is 0 Å². The molecular weight excluding hydrogens is 278 g/mol. The molecule has 1 aromatic heterocycles. The topological polar surface area (TPSA) is 67.0 Å². The van der Waals surface area contributed by atoms with Gasteiger partial charge in [0, 0.05) is 13.7 Å². The Morgan fingerprint density at radius 2 is 1.86 bits per heavy atom. The molecule has 0 spiro atoms. The number of ether oxygens (including phenoxy) is 1. The van der Waals surface area contributed by atoms with Crippen molar-refractivity contribution in [3.63, 3.8) is 0 Å². The third-order valence-corrected chi connectivity index (χ3v) is 3.52. The van der Waals surface area contributed by atoms with Gasteiger partial charge in [-0.25, -0.2) is 4.98 Å². The van der Waals surface area contributed by atoms with E-state index >= 15 is 0 Å². The van der Waals surface area contributed by atoms with Crippen LogP contribution in [0, 0.1) is 0 Å². The highest BCUT2D eigenvalue weighted by molar-refractivity contribution is 5.78. The number of nitrogens with zero attached hydrogens (tertiary/aromatic N) is 1. The minimum Gasteiger partial charge on any atom is -0.375 e. The largest absolute Gasteiger partial charge is 0.375 e. The third-order valence-electron chi connectivity index (χ3n) is 3.52. The molecule has 0 amide bonds. The van der Waals surface area contributed by atoms with Crippen molar-refractivity contribution in [2.24, 2.45) is 0 Å². The minimum absolute atomic E-state index is 0.113. The molecule has 0 bridgehead atoms. The van der Waals surface area contributed by atoms with Crippen LogP contribution in [0.25, 0.3) is 10.9 Å². The fourth-order valence-electron chi connectivity index (χ4n) is 2.36. The van der Waals surface area contributed by atoms with Crippen LogP contribution in [0.4, 0.5) is 5.95 Å². The third kappa shape index (κ3) is 2.99. The van der Waals surface area contributed by atoms with Crippen LogP contribution in [0.2, 0.25) is 0 Å². The molecule has 112 valence electrons. The van der Waals surface area contributed by atoms with Gasteiger partial charge in [-0.3, -0.25) is 9.78 Å². The fourth-order valence-corrected chi connectivity index (χ4v) is 2.36. The molecule has 1 atom stereocenters. The number of benzene rings is 2. The predicted molar refractivity (Wildman–Crippen MR) is 87.0 cm³/mol. The summed E-state index contributed by atoms with van der Waals surface area (Å²) in [5.74, 6) is 0.446. The van der Waals surface area contributed by atoms with Crippen molar-refractivity contribution in [2.75, 3.05) is 19.0 Å². The lowest BCUT2D eigenvalue weighted by Gasteiger charge is -2.16. The van der Waals surface area contributed by atoms with E-state index in [0.717, 1.165) is 5.56 Å². The number of aromatic nitrogens is 2. The summed E-state index contributed by atoms with van der Waals surface area (Å²) in [5.41, 5.74) is 1.59. The molecule has 5 heteroatoms. The van der Waals surface area contributed by atoms with Gasteiger partial charge in [-0.15, -0.1) is 0 Å².